The Labute approximate surface area is 107 Å². The molecule has 17 heavy (non-hydrogen) atoms. The SMILES string of the molecule is CCCCCCCCC[N]Cc1ccccc1. The molecule has 0 unspecified atom stereocenters. The van der Waals surface area contributed by atoms with Crippen molar-refractivity contribution in [3.63, 3.8) is 0 Å². The van der Waals surface area contributed by atoms with E-state index in [0.717, 1.165) is 13.1 Å². The van der Waals surface area contributed by atoms with Gasteiger partial charge in [0.2, 0.25) is 0 Å². The summed E-state index contributed by atoms with van der Waals surface area (Å²) in [6.07, 6.45) is 9.57. The van der Waals surface area contributed by atoms with Crippen LogP contribution in [0, 0.1) is 0 Å². The molecule has 0 aliphatic rings. The summed E-state index contributed by atoms with van der Waals surface area (Å²) in [5, 5.41) is 4.58. The fourth-order valence-electron chi connectivity index (χ4n) is 1.97. The first-order valence-corrected chi connectivity index (χ1v) is 7.10. The van der Waals surface area contributed by atoms with Gasteiger partial charge >= 0.3 is 0 Å². The second-order valence-electron chi connectivity index (χ2n) is 4.71. The number of hydrogen-bond acceptors (Lipinski definition) is 0. The van der Waals surface area contributed by atoms with E-state index in [9.17, 15) is 0 Å². The number of benzene rings is 1. The molecule has 0 saturated carbocycles. The first kappa shape index (κ1) is 14.2. The summed E-state index contributed by atoms with van der Waals surface area (Å²) in [6, 6.07) is 10.5. The van der Waals surface area contributed by atoms with Crippen LogP contribution in [0.1, 0.15) is 57.4 Å². The Morgan fingerprint density at radius 1 is 0.824 bits per heavy atom. The van der Waals surface area contributed by atoms with Gasteiger partial charge in [-0.05, 0) is 12.0 Å². The van der Waals surface area contributed by atoms with Crippen LogP contribution in [0.2, 0.25) is 0 Å². The van der Waals surface area contributed by atoms with E-state index in [1.54, 1.807) is 0 Å². The van der Waals surface area contributed by atoms with Crippen LogP contribution in [0.5, 0.6) is 0 Å². The summed E-state index contributed by atoms with van der Waals surface area (Å²) < 4.78 is 0. The van der Waals surface area contributed by atoms with Crippen molar-refractivity contribution in [2.24, 2.45) is 0 Å². The van der Waals surface area contributed by atoms with Crippen molar-refractivity contribution in [1.82, 2.24) is 5.32 Å². The zero-order valence-electron chi connectivity index (χ0n) is 11.2. The van der Waals surface area contributed by atoms with Crippen molar-refractivity contribution >= 4 is 0 Å². The van der Waals surface area contributed by atoms with Crippen molar-refractivity contribution < 1.29 is 0 Å². The summed E-state index contributed by atoms with van der Waals surface area (Å²) in [5.74, 6) is 0. The first-order chi connectivity index (χ1) is 8.43. The van der Waals surface area contributed by atoms with Crippen molar-refractivity contribution in [1.29, 1.82) is 0 Å². The summed E-state index contributed by atoms with van der Waals surface area (Å²) in [6.45, 7) is 4.18. The van der Waals surface area contributed by atoms with Gasteiger partial charge < -0.3 is 0 Å². The van der Waals surface area contributed by atoms with Gasteiger partial charge in [0.15, 0.2) is 0 Å². The maximum absolute atomic E-state index is 4.58. The predicted molar refractivity (Wildman–Crippen MR) is 75.1 cm³/mol. The highest BCUT2D eigenvalue weighted by molar-refractivity contribution is 5.14. The maximum Gasteiger partial charge on any atom is 0.0384 e. The van der Waals surface area contributed by atoms with Crippen LogP contribution in [0.25, 0.3) is 0 Å². The molecule has 0 fully saturated rings. The molecule has 0 amide bonds. The third-order valence-corrected chi connectivity index (χ3v) is 3.06. The highest BCUT2D eigenvalue weighted by Gasteiger charge is 1.93. The number of hydrogen-bond donors (Lipinski definition) is 0. The number of unbranched alkanes of at least 4 members (excludes halogenated alkanes) is 6. The standard InChI is InChI=1S/C16H26N/c1-2-3-4-5-6-7-11-14-17-15-16-12-9-8-10-13-16/h8-10,12-13H,2-7,11,14-15H2,1H3. The fraction of sp³-hybridized carbons (Fsp3) is 0.625. The summed E-state index contributed by atoms with van der Waals surface area (Å²) in [5.41, 5.74) is 1.33. The lowest BCUT2D eigenvalue weighted by Crippen LogP contribution is -2.06. The van der Waals surface area contributed by atoms with E-state index in [4.69, 9.17) is 0 Å². The zero-order chi connectivity index (χ0) is 12.2. The quantitative estimate of drug-likeness (QED) is 0.526. The molecule has 0 N–H and O–H groups in total. The molecule has 1 heteroatoms. The average molecular weight is 232 g/mol. The molecular weight excluding hydrogens is 206 g/mol. The Balaban J connectivity index is 1.85. The van der Waals surface area contributed by atoms with E-state index in [1.165, 1.54) is 50.5 Å². The minimum absolute atomic E-state index is 0.886. The minimum Gasteiger partial charge on any atom is -0.237 e. The average Bonchev–Trinajstić information content (AvgIpc) is 2.38. The molecule has 0 spiro atoms. The largest absolute Gasteiger partial charge is 0.237 e. The molecule has 0 aromatic heterocycles. The predicted octanol–water partition coefficient (Wildman–Crippen LogP) is 4.54. The second kappa shape index (κ2) is 10.3. The molecule has 0 atom stereocenters. The zero-order valence-corrected chi connectivity index (χ0v) is 11.2. The van der Waals surface area contributed by atoms with Crippen molar-refractivity contribution in [2.75, 3.05) is 6.54 Å². The number of nitrogens with zero attached hydrogens (tertiary/aromatic N) is 1. The topological polar surface area (TPSA) is 14.1 Å². The van der Waals surface area contributed by atoms with Gasteiger partial charge in [0, 0.05) is 13.1 Å². The minimum atomic E-state index is 0.886. The van der Waals surface area contributed by atoms with Gasteiger partial charge in [-0.3, -0.25) is 0 Å². The normalized spacial score (nSPS) is 10.6. The van der Waals surface area contributed by atoms with E-state index in [1.807, 2.05) is 0 Å². The van der Waals surface area contributed by atoms with Gasteiger partial charge in [-0.2, -0.15) is 0 Å². The third-order valence-electron chi connectivity index (χ3n) is 3.06. The Morgan fingerprint density at radius 3 is 2.18 bits per heavy atom. The molecule has 0 aliphatic carbocycles. The van der Waals surface area contributed by atoms with Crippen molar-refractivity contribution in [3.8, 4) is 0 Å². The molecule has 95 valence electrons. The molecule has 0 aliphatic heterocycles. The van der Waals surface area contributed by atoms with Gasteiger partial charge in [-0.15, -0.1) is 0 Å². The highest BCUT2D eigenvalue weighted by Crippen LogP contribution is 2.06. The van der Waals surface area contributed by atoms with Crippen LogP contribution >= 0.6 is 0 Å². The van der Waals surface area contributed by atoms with Crippen LogP contribution in [0.3, 0.4) is 0 Å². The summed E-state index contributed by atoms with van der Waals surface area (Å²) in [4.78, 5) is 0. The Hall–Kier alpha value is -0.820. The smallest absolute Gasteiger partial charge is 0.0384 e. The van der Waals surface area contributed by atoms with Gasteiger partial charge in [-0.1, -0.05) is 75.8 Å². The molecule has 0 heterocycles. The highest BCUT2D eigenvalue weighted by atomic mass is 14.8. The van der Waals surface area contributed by atoms with E-state index in [0.29, 0.717) is 0 Å². The van der Waals surface area contributed by atoms with Crippen molar-refractivity contribution in [2.45, 2.75) is 58.4 Å². The van der Waals surface area contributed by atoms with Gasteiger partial charge in [0.05, 0.1) is 0 Å². The van der Waals surface area contributed by atoms with E-state index >= 15 is 0 Å². The van der Waals surface area contributed by atoms with Gasteiger partial charge in [-0.25, -0.2) is 5.32 Å². The summed E-state index contributed by atoms with van der Waals surface area (Å²) in [7, 11) is 0. The summed E-state index contributed by atoms with van der Waals surface area (Å²) >= 11 is 0. The molecule has 0 bridgehead atoms. The Morgan fingerprint density at radius 2 is 1.47 bits per heavy atom. The van der Waals surface area contributed by atoms with E-state index in [2.05, 4.69) is 42.6 Å². The lowest BCUT2D eigenvalue weighted by Gasteiger charge is -2.03. The van der Waals surface area contributed by atoms with E-state index < -0.39 is 0 Å². The van der Waals surface area contributed by atoms with E-state index in [-0.39, 0.29) is 0 Å². The maximum atomic E-state index is 4.58. The second-order valence-corrected chi connectivity index (χ2v) is 4.71. The molecule has 1 radical (unpaired) electrons. The van der Waals surface area contributed by atoms with Crippen LogP contribution in [-0.2, 0) is 6.54 Å². The lowest BCUT2D eigenvalue weighted by molar-refractivity contribution is 0.558. The fourth-order valence-corrected chi connectivity index (χ4v) is 1.97. The Kier molecular flexibility index (Phi) is 8.66. The molecule has 1 aromatic carbocycles. The molecule has 1 rings (SSSR count). The molecule has 1 aromatic rings. The van der Waals surface area contributed by atoms with Gasteiger partial charge in [0.1, 0.15) is 0 Å². The van der Waals surface area contributed by atoms with Crippen LogP contribution in [0.4, 0.5) is 0 Å². The third kappa shape index (κ3) is 7.98. The van der Waals surface area contributed by atoms with Crippen LogP contribution in [0.15, 0.2) is 30.3 Å². The molecule has 0 saturated heterocycles. The lowest BCUT2D eigenvalue weighted by atomic mass is 10.1. The monoisotopic (exact) mass is 232 g/mol. The Bertz CT molecular complexity index is 255. The van der Waals surface area contributed by atoms with Crippen LogP contribution in [-0.4, -0.2) is 6.54 Å². The van der Waals surface area contributed by atoms with Crippen molar-refractivity contribution in [3.05, 3.63) is 35.9 Å². The molecule has 1 nitrogen and oxygen atoms in total. The molecular formula is C16H26N. The first-order valence-electron chi connectivity index (χ1n) is 7.10. The van der Waals surface area contributed by atoms with Crippen LogP contribution < -0.4 is 5.32 Å². The van der Waals surface area contributed by atoms with Gasteiger partial charge in [0.25, 0.3) is 0 Å². The number of rotatable bonds is 10.